The van der Waals surface area contributed by atoms with Crippen LogP contribution in [0, 0.1) is 13.8 Å². The van der Waals surface area contributed by atoms with E-state index in [2.05, 4.69) is 0 Å². The van der Waals surface area contributed by atoms with Crippen molar-refractivity contribution in [1.29, 1.82) is 0 Å². The van der Waals surface area contributed by atoms with Crippen LogP contribution < -0.4 is 4.31 Å². The third kappa shape index (κ3) is 5.48. The molecule has 2 aromatic carbocycles. The zero-order chi connectivity index (χ0) is 23.5. The molecule has 1 aliphatic rings. The highest BCUT2D eigenvalue weighted by molar-refractivity contribution is 7.92. The first-order valence-electron chi connectivity index (χ1n) is 10.4. The number of rotatable bonds is 6. The molecule has 0 bridgehead atoms. The maximum Gasteiger partial charge on any atom is 0.243 e. The van der Waals surface area contributed by atoms with Crippen molar-refractivity contribution >= 4 is 31.6 Å². The number of aryl methyl sites for hydroxylation is 2. The predicted octanol–water partition coefficient (Wildman–Crippen LogP) is 1.99. The molecule has 0 N–H and O–H groups in total. The first-order chi connectivity index (χ1) is 15.0. The van der Waals surface area contributed by atoms with Gasteiger partial charge in [0, 0.05) is 26.2 Å². The fourth-order valence-corrected chi connectivity index (χ4v) is 6.07. The Labute approximate surface area is 190 Å². The van der Waals surface area contributed by atoms with Gasteiger partial charge in [-0.15, -0.1) is 0 Å². The van der Waals surface area contributed by atoms with Crippen molar-refractivity contribution in [3.63, 3.8) is 0 Å². The van der Waals surface area contributed by atoms with E-state index in [-0.39, 0.29) is 30.4 Å². The summed E-state index contributed by atoms with van der Waals surface area (Å²) in [6.07, 6.45) is 1.55. The number of nitrogens with zero attached hydrogens (tertiary/aromatic N) is 3. The molecule has 32 heavy (non-hydrogen) atoms. The summed E-state index contributed by atoms with van der Waals surface area (Å²) in [5.41, 5.74) is 2.18. The zero-order valence-electron chi connectivity index (χ0n) is 18.6. The van der Waals surface area contributed by atoms with Crippen molar-refractivity contribution in [2.24, 2.45) is 0 Å². The molecule has 1 saturated heterocycles. The summed E-state index contributed by atoms with van der Waals surface area (Å²) in [4.78, 5) is 14.8. The third-order valence-electron chi connectivity index (χ3n) is 5.53. The number of carbonyl (C=O) groups excluding carboxylic acids is 1. The lowest BCUT2D eigenvalue weighted by molar-refractivity contribution is -0.129. The summed E-state index contributed by atoms with van der Waals surface area (Å²) in [6.45, 7) is 4.38. The van der Waals surface area contributed by atoms with Crippen LogP contribution in [0.5, 0.6) is 0 Å². The Morgan fingerprint density at radius 3 is 2.19 bits per heavy atom. The number of sulfonamides is 2. The fraction of sp³-hybridized carbons (Fsp3) is 0.409. The smallest absolute Gasteiger partial charge is 0.243 e. The average Bonchev–Trinajstić information content (AvgIpc) is 2.99. The van der Waals surface area contributed by atoms with E-state index in [1.807, 2.05) is 6.92 Å². The topological polar surface area (TPSA) is 95.1 Å². The summed E-state index contributed by atoms with van der Waals surface area (Å²) in [7, 11) is -7.33. The normalized spacial score (nSPS) is 15.9. The minimum absolute atomic E-state index is 0.158. The van der Waals surface area contributed by atoms with Gasteiger partial charge < -0.3 is 4.90 Å². The van der Waals surface area contributed by atoms with E-state index >= 15 is 0 Å². The van der Waals surface area contributed by atoms with Gasteiger partial charge in [-0.25, -0.2) is 16.8 Å². The Bertz CT molecular complexity index is 1180. The molecule has 0 aromatic heterocycles. The molecule has 1 amide bonds. The Morgan fingerprint density at radius 1 is 0.906 bits per heavy atom. The van der Waals surface area contributed by atoms with Gasteiger partial charge in [0.05, 0.1) is 16.8 Å². The molecule has 1 fully saturated rings. The standard InChI is InChI=1S/C22H29N3O5S2/c1-18-9-11-20(12-10-18)32(29,30)24-14-6-13-23(15-16-24)22(26)17-25(31(3,27)28)21-8-5-4-7-19(21)2/h4-5,7-12H,6,13-17H2,1-3H3. The Morgan fingerprint density at radius 2 is 1.56 bits per heavy atom. The van der Waals surface area contributed by atoms with Crippen molar-refractivity contribution in [2.45, 2.75) is 25.2 Å². The van der Waals surface area contributed by atoms with Crippen LogP contribution in [0.4, 0.5) is 5.69 Å². The van der Waals surface area contributed by atoms with Gasteiger partial charge >= 0.3 is 0 Å². The van der Waals surface area contributed by atoms with Crippen molar-refractivity contribution in [3.8, 4) is 0 Å². The summed E-state index contributed by atoms with van der Waals surface area (Å²) >= 11 is 0. The van der Waals surface area contributed by atoms with Crippen molar-refractivity contribution in [2.75, 3.05) is 43.3 Å². The summed E-state index contributed by atoms with van der Waals surface area (Å²) in [5.74, 6) is -0.353. The van der Waals surface area contributed by atoms with Crippen molar-refractivity contribution in [1.82, 2.24) is 9.21 Å². The first-order valence-corrected chi connectivity index (χ1v) is 13.7. The molecular formula is C22H29N3O5S2. The highest BCUT2D eigenvalue weighted by Gasteiger charge is 2.30. The second-order valence-corrected chi connectivity index (χ2v) is 11.9. The summed E-state index contributed by atoms with van der Waals surface area (Å²) in [6, 6.07) is 13.7. The fourth-order valence-electron chi connectivity index (χ4n) is 3.69. The molecule has 0 spiro atoms. The monoisotopic (exact) mass is 479 g/mol. The number of para-hydroxylation sites is 1. The number of anilines is 1. The highest BCUT2D eigenvalue weighted by Crippen LogP contribution is 2.23. The van der Waals surface area contributed by atoms with Crippen molar-refractivity contribution < 1.29 is 21.6 Å². The maximum absolute atomic E-state index is 13.0. The molecule has 1 aliphatic heterocycles. The van der Waals surface area contributed by atoms with E-state index in [1.54, 1.807) is 60.4 Å². The second kappa shape index (κ2) is 9.60. The van der Waals surface area contributed by atoms with Crippen LogP contribution in [0.1, 0.15) is 17.5 Å². The SMILES string of the molecule is Cc1ccc(S(=O)(=O)N2CCCN(C(=O)CN(c3ccccc3C)S(C)(=O)=O)CC2)cc1. The van der Waals surface area contributed by atoms with E-state index in [9.17, 15) is 21.6 Å². The lowest BCUT2D eigenvalue weighted by Gasteiger charge is -2.27. The van der Waals surface area contributed by atoms with E-state index in [1.165, 1.54) is 4.31 Å². The van der Waals surface area contributed by atoms with E-state index in [4.69, 9.17) is 0 Å². The van der Waals surface area contributed by atoms with Gasteiger partial charge in [-0.05, 0) is 44.0 Å². The van der Waals surface area contributed by atoms with Crippen LogP contribution in [-0.4, -0.2) is 70.9 Å². The van der Waals surface area contributed by atoms with Gasteiger partial charge in [-0.2, -0.15) is 4.31 Å². The summed E-state index contributed by atoms with van der Waals surface area (Å²) in [5, 5.41) is 0. The maximum atomic E-state index is 13.0. The molecule has 0 unspecified atom stereocenters. The number of hydrogen-bond donors (Lipinski definition) is 0. The van der Waals surface area contributed by atoms with Crippen LogP contribution in [-0.2, 0) is 24.8 Å². The van der Waals surface area contributed by atoms with Crippen LogP contribution in [0.15, 0.2) is 53.4 Å². The minimum Gasteiger partial charge on any atom is -0.340 e. The number of amides is 1. The Hall–Kier alpha value is -2.43. The Balaban J connectivity index is 1.73. The molecule has 10 heteroatoms. The largest absolute Gasteiger partial charge is 0.340 e. The lowest BCUT2D eigenvalue weighted by atomic mass is 10.2. The van der Waals surface area contributed by atoms with Crippen LogP contribution in [0.25, 0.3) is 0 Å². The molecule has 8 nitrogen and oxygen atoms in total. The van der Waals surface area contributed by atoms with Crippen LogP contribution in [0.3, 0.4) is 0 Å². The molecular weight excluding hydrogens is 450 g/mol. The predicted molar refractivity (Wildman–Crippen MR) is 125 cm³/mol. The molecule has 0 aliphatic carbocycles. The van der Waals surface area contributed by atoms with Gasteiger partial charge in [0.2, 0.25) is 26.0 Å². The van der Waals surface area contributed by atoms with Gasteiger partial charge in [0.15, 0.2) is 0 Å². The Kier molecular flexibility index (Phi) is 7.26. The van der Waals surface area contributed by atoms with E-state index in [0.29, 0.717) is 25.2 Å². The number of carbonyl (C=O) groups is 1. The molecule has 0 atom stereocenters. The lowest BCUT2D eigenvalue weighted by Crippen LogP contribution is -2.44. The van der Waals surface area contributed by atoms with Crippen molar-refractivity contribution in [3.05, 3.63) is 59.7 Å². The average molecular weight is 480 g/mol. The molecule has 0 saturated carbocycles. The molecule has 1 heterocycles. The molecule has 0 radical (unpaired) electrons. The van der Waals surface area contributed by atoms with E-state index < -0.39 is 20.0 Å². The highest BCUT2D eigenvalue weighted by atomic mass is 32.2. The first kappa shape index (κ1) is 24.2. The molecule has 3 rings (SSSR count). The van der Waals surface area contributed by atoms with E-state index in [0.717, 1.165) is 21.7 Å². The minimum atomic E-state index is -3.68. The number of hydrogen-bond acceptors (Lipinski definition) is 5. The zero-order valence-corrected chi connectivity index (χ0v) is 20.2. The van der Waals surface area contributed by atoms with Gasteiger partial charge in [0.1, 0.15) is 6.54 Å². The van der Waals surface area contributed by atoms with Gasteiger partial charge in [0.25, 0.3) is 0 Å². The number of benzene rings is 2. The molecule has 2 aromatic rings. The van der Waals surface area contributed by atoms with Crippen LogP contribution in [0.2, 0.25) is 0 Å². The van der Waals surface area contributed by atoms with Gasteiger partial charge in [-0.1, -0.05) is 35.9 Å². The van der Waals surface area contributed by atoms with Gasteiger partial charge in [-0.3, -0.25) is 9.10 Å². The molecule has 174 valence electrons. The second-order valence-electron chi connectivity index (χ2n) is 8.01. The quantitative estimate of drug-likeness (QED) is 0.632. The summed E-state index contributed by atoms with van der Waals surface area (Å²) < 4.78 is 53.3. The van der Waals surface area contributed by atoms with Crippen LogP contribution >= 0.6 is 0 Å². The third-order valence-corrected chi connectivity index (χ3v) is 8.57.